The van der Waals surface area contributed by atoms with Gasteiger partial charge < -0.3 is 0 Å². The first-order chi connectivity index (χ1) is 7.68. The zero-order valence-corrected chi connectivity index (χ0v) is 12.3. The van der Waals surface area contributed by atoms with Gasteiger partial charge in [-0.2, -0.15) is 0 Å². The van der Waals surface area contributed by atoms with E-state index in [4.69, 9.17) is 0 Å². The van der Waals surface area contributed by atoms with Crippen LogP contribution in [0.3, 0.4) is 0 Å². The average molecular weight is 234 g/mol. The van der Waals surface area contributed by atoms with Crippen molar-refractivity contribution in [3.63, 3.8) is 0 Å². The molecule has 2 nitrogen and oxygen atoms in total. The highest BCUT2D eigenvalue weighted by Gasteiger charge is 2.26. The molecule has 2 heteroatoms. The highest BCUT2D eigenvalue weighted by molar-refractivity contribution is 5.14. The fraction of sp³-hybridized carbons (Fsp3) is 0.733. The third kappa shape index (κ3) is 3.27. The van der Waals surface area contributed by atoms with Crippen molar-refractivity contribution in [1.82, 2.24) is 9.97 Å². The molecular formula is C15H26N2. The van der Waals surface area contributed by atoms with Gasteiger partial charge in [0, 0.05) is 23.7 Å². The Labute approximate surface area is 106 Å². The van der Waals surface area contributed by atoms with Crippen LogP contribution in [0.2, 0.25) is 0 Å². The van der Waals surface area contributed by atoms with E-state index in [0.29, 0.717) is 5.92 Å². The molecular weight excluding hydrogens is 208 g/mol. The van der Waals surface area contributed by atoms with E-state index in [-0.39, 0.29) is 10.8 Å². The minimum atomic E-state index is 0.0784. The summed E-state index contributed by atoms with van der Waals surface area (Å²) in [5, 5.41) is 0. The molecule has 1 atom stereocenters. The van der Waals surface area contributed by atoms with Crippen LogP contribution in [0.25, 0.3) is 0 Å². The lowest BCUT2D eigenvalue weighted by atomic mass is 9.76. The van der Waals surface area contributed by atoms with Crippen LogP contribution in [-0.2, 0) is 5.41 Å². The first kappa shape index (κ1) is 14.1. The van der Waals surface area contributed by atoms with E-state index in [1.807, 2.05) is 12.4 Å². The second-order valence-corrected chi connectivity index (χ2v) is 6.64. The van der Waals surface area contributed by atoms with Gasteiger partial charge in [0.1, 0.15) is 0 Å². The van der Waals surface area contributed by atoms with Crippen LogP contribution >= 0.6 is 0 Å². The zero-order valence-electron chi connectivity index (χ0n) is 12.3. The maximum Gasteiger partial charge on any atom is 0.0640 e. The molecule has 96 valence electrons. The molecule has 0 aliphatic rings. The van der Waals surface area contributed by atoms with E-state index in [9.17, 15) is 0 Å². The number of hydrogen-bond donors (Lipinski definition) is 0. The molecule has 0 fully saturated rings. The third-order valence-electron chi connectivity index (χ3n) is 3.97. The summed E-state index contributed by atoms with van der Waals surface area (Å²) in [5.74, 6) is 0.439. The van der Waals surface area contributed by atoms with Gasteiger partial charge in [0.25, 0.3) is 0 Å². The van der Waals surface area contributed by atoms with Crippen molar-refractivity contribution in [3.05, 3.63) is 23.8 Å². The SMILES string of the molecule is CCC(C)(C)C(C)c1cnc(C(C)(C)C)cn1. The van der Waals surface area contributed by atoms with Gasteiger partial charge in [-0.25, -0.2) is 0 Å². The Morgan fingerprint density at radius 2 is 1.65 bits per heavy atom. The smallest absolute Gasteiger partial charge is 0.0640 e. The number of rotatable bonds is 3. The lowest BCUT2D eigenvalue weighted by Gasteiger charge is -2.30. The molecule has 17 heavy (non-hydrogen) atoms. The van der Waals surface area contributed by atoms with E-state index >= 15 is 0 Å². The summed E-state index contributed by atoms with van der Waals surface area (Å²) in [6, 6.07) is 0. The first-order valence-corrected chi connectivity index (χ1v) is 6.51. The third-order valence-corrected chi connectivity index (χ3v) is 3.97. The average Bonchev–Trinajstić information content (AvgIpc) is 2.27. The summed E-state index contributed by atoms with van der Waals surface area (Å²) < 4.78 is 0. The topological polar surface area (TPSA) is 25.8 Å². The van der Waals surface area contributed by atoms with Crippen molar-refractivity contribution < 1.29 is 0 Å². The summed E-state index contributed by atoms with van der Waals surface area (Å²) in [6.45, 7) is 15.5. The Kier molecular flexibility index (Phi) is 3.95. The summed E-state index contributed by atoms with van der Waals surface area (Å²) >= 11 is 0. The lowest BCUT2D eigenvalue weighted by Crippen LogP contribution is -2.21. The molecule has 1 heterocycles. The van der Waals surface area contributed by atoms with Gasteiger partial charge in [-0.15, -0.1) is 0 Å². The van der Waals surface area contributed by atoms with E-state index in [1.165, 1.54) is 0 Å². The van der Waals surface area contributed by atoms with Gasteiger partial charge in [0.05, 0.1) is 11.4 Å². The Morgan fingerprint density at radius 1 is 1.06 bits per heavy atom. The van der Waals surface area contributed by atoms with Gasteiger partial charge in [0.2, 0.25) is 0 Å². The standard InChI is InChI=1S/C15H26N2/c1-8-15(6,7)11(2)12-9-17-13(10-16-12)14(3,4)5/h9-11H,8H2,1-7H3. The van der Waals surface area contributed by atoms with Gasteiger partial charge >= 0.3 is 0 Å². The molecule has 0 aliphatic heterocycles. The summed E-state index contributed by atoms with van der Waals surface area (Å²) in [7, 11) is 0. The van der Waals surface area contributed by atoms with Crippen molar-refractivity contribution >= 4 is 0 Å². The molecule has 0 spiro atoms. The van der Waals surface area contributed by atoms with Gasteiger partial charge in [-0.1, -0.05) is 54.9 Å². The summed E-state index contributed by atoms with van der Waals surface area (Å²) in [5.41, 5.74) is 2.51. The second kappa shape index (κ2) is 4.75. The number of hydrogen-bond acceptors (Lipinski definition) is 2. The fourth-order valence-corrected chi connectivity index (χ4v) is 1.66. The number of aromatic nitrogens is 2. The Hall–Kier alpha value is -0.920. The fourth-order valence-electron chi connectivity index (χ4n) is 1.66. The number of nitrogens with zero attached hydrogens (tertiary/aromatic N) is 2. The molecule has 1 rings (SSSR count). The molecule has 0 aromatic carbocycles. The molecule has 0 radical (unpaired) electrons. The monoisotopic (exact) mass is 234 g/mol. The Morgan fingerprint density at radius 3 is 2.00 bits per heavy atom. The van der Waals surface area contributed by atoms with Crippen LogP contribution in [0.1, 0.15) is 72.2 Å². The molecule has 1 aromatic rings. The molecule has 0 N–H and O–H groups in total. The van der Waals surface area contributed by atoms with Crippen LogP contribution in [-0.4, -0.2) is 9.97 Å². The highest BCUT2D eigenvalue weighted by atomic mass is 14.8. The van der Waals surface area contributed by atoms with Gasteiger partial charge in [-0.3, -0.25) is 9.97 Å². The van der Waals surface area contributed by atoms with E-state index in [0.717, 1.165) is 17.8 Å². The molecule has 0 aliphatic carbocycles. The van der Waals surface area contributed by atoms with Crippen LogP contribution in [0.15, 0.2) is 12.4 Å². The maximum absolute atomic E-state index is 4.60. The van der Waals surface area contributed by atoms with Crippen molar-refractivity contribution in [1.29, 1.82) is 0 Å². The van der Waals surface area contributed by atoms with Crippen LogP contribution in [0.4, 0.5) is 0 Å². The minimum Gasteiger partial charge on any atom is -0.257 e. The largest absolute Gasteiger partial charge is 0.257 e. The molecule has 1 aromatic heterocycles. The molecule has 1 unspecified atom stereocenters. The van der Waals surface area contributed by atoms with Crippen molar-refractivity contribution in [2.75, 3.05) is 0 Å². The minimum absolute atomic E-state index is 0.0784. The van der Waals surface area contributed by atoms with Crippen LogP contribution < -0.4 is 0 Å². The molecule has 0 bridgehead atoms. The van der Waals surface area contributed by atoms with Crippen LogP contribution in [0, 0.1) is 5.41 Å². The normalized spacial score (nSPS) is 14.8. The first-order valence-electron chi connectivity index (χ1n) is 6.51. The predicted molar refractivity (Wildman–Crippen MR) is 73.2 cm³/mol. The van der Waals surface area contributed by atoms with E-state index in [2.05, 4.69) is 58.4 Å². The molecule has 0 amide bonds. The van der Waals surface area contributed by atoms with Crippen molar-refractivity contribution in [3.8, 4) is 0 Å². The van der Waals surface area contributed by atoms with Crippen molar-refractivity contribution in [2.24, 2.45) is 5.41 Å². The van der Waals surface area contributed by atoms with Crippen LogP contribution in [0.5, 0.6) is 0 Å². The van der Waals surface area contributed by atoms with Crippen molar-refractivity contribution in [2.45, 2.75) is 66.2 Å². The molecule has 0 saturated carbocycles. The van der Waals surface area contributed by atoms with E-state index in [1.54, 1.807) is 0 Å². The maximum atomic E-state index is 4.60. The zero-order chi connectivity index (χ0) is 13.3. The quantitative estimate of drug-likeness (QED) is 0.778. The molecule has 0 saturated heterocycles. The van der Waals surface area contributed by atoms with Gasteiger partial charge in [0.15, 0.2) is 0 Å². The Bertz CT molecular complexity index is 358. The highest BCUT2D eigenvalue weighted by Crippen LogP contribution is 2.36. The lowest BCUT2D eigenvalue weighted by molar-refractivity contribution is 0.284. The second-order valence-electron chi connectivity index (χ2n) is 6.64. The predicted octanol–water partition coefficient (Wildman–Crippen LogP) is 4.31. The van der Waals surface area contributed by atoms with E-state index < -0.39 is 0 Å². The summed E-state index contributed by atoms with van der Waals surface area (Å²) in [6.07, 6.45) is 5.02. The van der Waals surface area contributed by atoms with Gasteiger partial charge in [-0.05, 0) is 5.41 Å². The Balaban J connectivity index is 2.96. The summed E-state index contributed by atoms with van der Waals surface area (Å²) in [4.78, 5) is 9.15.